The summed E-state index contributed by atoms with van der Waals surface area (Å²) in [6, 6.07) is 5.09. The average molecular weight is 446 g/mol. The van der Waals surface area contributed by atoms with Gasteiger partial charge in [-0.1, -0.05) is 0 Å². The van der Waals surface area contributed by atoms with Crippen molar-refractivity contribution >= 4 is 32.4 Å². The molecule has 3 rings (SSSR count). The summed E-state index contributed by atoms with van der Waals surface area (Å²) in [6.45, 7) is 0. The van der Waals surface area contributed by atoms with E-state index < -0.39 is 48.8 Å². The minimum absolute atomic E-state index is 0.182. The number of halogens is 3. The Morgan fingerprint density at radius 1 is 1.00 bits per heavy atom. The molecular formula is C15H9F3N4O7S. The molecule has 2 aromatic carbocycles. The molecule has 0 bridgehead atoms. The van der Waals surface area contributed by atoms with Crippen molar-refractivity contribution in [2.24, 2.45) is 0 Å². The number of hydrogen-bond donors (Lipinski definition) is 3. The number of nitrogens with zero attached hydrogens (tertiary/aromatic N) is 1. The van der Waals surface area contributed by atoms with Crippen LogP contribution >= 0.6 is 0 Å². The van der Waals surface area contributed by atoms with Crippen LogP contribution in [0.4, 0.5) is 24.5 Å². The molecule has 0 saturated heterocycles. The van der Waals surface area contributed by atoms with Crippen molar-refractivity contribution in [1.29, 1.82) is 0 Å². The summed E-state index contributed by atoms with van der Waals surface area (Å²) < 4.78 is 67.5. The predicted molar refractivity (Wildman–Crippen MR) is 95.8 cm³/mol. The third kappa shape index (κ3) is 4.40. The van der Waals surface area contributed by atoms with E-state index in [1.165, 1.54) is 0 Å². The van der Waals surface area contributed by atoms with E-state index in [1.807, 2.05) is 4.72 Å². The molecule has 15 heteroatoms. The lowest BCUT2D eigenvalue weighted by molar-refractivity contribution is -0.387. The second-order valence-electron chi connectivity index (χ2n) is 5.71. The van der Waals surface area contributed by atoms with E-state index >= 15 is 0 Å². The highest BCUT2D eigenvalue weighted by Gasteiger charge is 2.31. The molecule has 0 aliphatic rings. The van der Waals surface area contributed by atoms with E-state index in [4.69, 9.17) is 0 Å². The van der Waals surface area contributed by atoms with Crippen molar-refractivity contribution in [2.75, 3.05) is 4.72 Å². The smallest absolute Gasteiger partial charge is 0.406 e. The quantitative estimate of drug-likeness (QED) is 0.306. The van der Waals surface area contributed by atoms with Crippen molar-refractivity contribution in [3.05, 3.63) is 67.2 Å². The van der Waals surface area contributed by atoms with Crippen LogP contribution in [-0.2, 0) is 10.0 Å². The van der Waals surface area contributed by atoms with Gasteiger partial charge in [-0.05, 0) is 30.3 Å². The van der Waals surface area contributed by atoms with Crippen LogP contribution in [0.3, 0.4) is 0 Å². The van der Waals surface area contributed by atoms with Gasteiger partial charge in [0, 0.05) is 11.8 Å². The van der Waals surface area contributed by atoms with Gasteiger partial charge in [-0.2, -0.15) is 0 Å². The highest BCUT2D eigenvalue weighted by Crippen LogP contribution is 2.30. The zero-order valence-electron chi connectivity index (χ0n) is 14.3. The minimum Gasteiger partial charge on any atom is -0.406 e. The van der Waals surface area contributed by atoms with Gasteiger partial charge < -0.3 is 14.7 Å². The Morgan fingerprint density at radius 2 is 1.53 bits per heavy atom. The number of aromatic nitrogens is 2. The summed E-state index contributed by atoms with van der Waals surface area (Å²) in [5.74, 6) is -0.608. The molecule has 0 aliphatic heterocycles. The molecule has 0 spiro atoms. The number of benzene rings is 2. The Hall–Kier alpha value is -3.88. The van der Waals surface area contributed by atoms with E-state index in [0.717, 1.165) is 36.4 Å². The van der Waals surface area contributed by atoms with E-state index in [0.29, 0.717) is 0 Å². The average Bonchev–Trinajstić information content (AvgIpc) is 2.62. The maximum absolute atomic E-state index is 12.6. The highest BCUT2D eigenvalue weighted by molar-refractivity contribution is 7.92. The number of ether oxygens (including phenoxy) is 1. The first-order valence-electron chi connectivity index (χ1n) is 7.69. The molecule has 0 unspecified atom stereocenters. The van der Waals surface area contributed by atoms with Crippen molar-refractivity contribution in [1.82, 2.24) is 9.97 Å². The maximum Gasteiger partial charge on any atom is 0.573 e. The number of nitrogens with one attached hydrogen (secondary N) is 3. The molecule has 11 nitrogen and oxygen atoms in total. The van der Waals surface area contributed by atoms with E-state index in [2.05, 4.69) is 14.7 Å². The molecule has 0 radical (unpaired) electrons. The molecule has 1 aromatic heterocycles. The number of nitro benzene ring substituents is 1. The zero-order valence-corrected chi connectivity index (χ0v) is 15.1. The number of rotatable bonds is 5. The molecule has 3 N–H and O–H groups in total. The summed E-state index contributed by atoms with van der Waals surface area (Å²) in [7, 11) is -4.62. The largest absolute Gasteiger partial charge is 0.573 e. The SMILES string of the molecule is O=c1[nH]c2cc([N+](=O)[O-])c(S(=O)(=O)Nc3ccc(OC(F)(F)F)cc3)cc2[nH]c1=O. The number of sulfonamides is 1. The second kappa shape index (κ2) is 7.18. The first kappa shape index (κ1) is 20.8. The Kier molecular flexibility index (Phi) is 4.99. The number of H-pyrrole nitrogens is 2. The molecule has 0 amide bonds. The fourth-order valence-corrected chi connectivity index (χ4v) is 3.66. The fraction of sp³-hybridized carbons (Fsp3) is 0.0667. The Bertz CT molecular complexity index is 1360. The zero-order chi connectivity index (χ0) is 22.3. The number of fused-ring (bicyclic) bond motifs is 1. The normalized spacial score (nSPS) is 12.0. The summed E-state index contributed by atoms with van der Waals surface area (Å²) in [5, 5.41) is 11.3. The molecule has 30 heavy (non-hydrogen) atoms. The predicted octanol–water partition coefficient (Wildman–Crippen LogP) is 1.82. The summed E-state index contributed by atoms with van der Waals surface area (Å²) >= 11 is 0. The van der Waals surface area contributed by atoms with Crippen molar-refractivity contribution in [3.8, 4) is 5.75 Å². The molecule has 0 aliphatic carbocycles. The van der Waals surface area contributed by atoms with E-state index in [-0.39, 0.29) is 16.7 Å². The van der Waals surface area contributed by atoms with Crippen LogP contribution in [0.25, 0.3) is 11.0 Å². The van der Waals surface area contributed by atoms with Crippen LogP contribution in [0.1, 0.15) is 0 Å². The molecule has 3 aromatic rings. The van der Waals surface area contributed by atoms with Gasteiger partial charge in [0.15, 0.2) is 4.90 Å². The fourth-order valence-electron chi connectivity index (χ4n) is 2.43. The molecule has 0 atom stereocenters. The van der Waals surface area contributed by atoms with E-state index in [9.17, 15) is 41.3 Å². The number of aromatic amines is 2. The van der Waals surface area contributed by atoms with Gasteiger partial charge in [-0.3, -0.25) is 24.4 Å². The van der Waals surface area contributed by atoms with Gasteiger partial charge in [0.25, 0.3) is 15.7 Å². The monoisotopic (exact) mass is 446 g/mol. The molecule has 0 fully saturated rings. The van der Waals surface area contributed by atoms with Crippen molar-refractivity contribution in [2.45, 2.75) is 11.3 Å². The lowest BCUT2D eigenvalue weighted by atomic mass is 10.2. The van der Waals surface area contributed by atoms with Gasteiger partial charge in [0.2, 0.25) is 0 Å². The Morgan fingerprint density at radius 3 is 2.03 bits per heavy atom. The number of nitro groups is 1. The number of anilines is 1. The van der Waals surface area contributed by atoms with Crippen molar-refractivity contribution < 1.29 is 31.2 Å². The van der Waals surface area contributed by atoms with Crippen LogP contribution in [0, 0.1) is 10.1 Å². The van der Waals surface area contributed by atoms with Crippen LogP contribution in [-0.4, -0.2) is 29.7 Å². The maximum atomic E-state index is 12.6. The van der Waals surface area contributed by atoms with Gasteiger partial charge in [0.1, 0.15) is 5.75 Å². The van der Waals surface area contributed by atoms with Gasteiger partial charge in [-0.25, -0.2) is 8.42 Å². The Balaban J connectivity index is 2.03. The van der Waals surface area contributed by atoms with Gasteiger partial charge >= 0.3 is 17.5 Å². The van der Waals surface area contributed by atoms with Crippen LogP contribution < -0.4 is 20.6 Å². The third-order valence-corrected chi connectivity index (χ3v) is 5.04. The van der Waals surface area contributed by atoms with Gasteiger partial charge in [0.05, 0.1) is 16.0 Å². The van der Waals surface area contributed by atoms with Crippen molar-refractivity contribution in [3.63, 3.8) is 0 Å². The van der Waals surface area contributed by atoms with Crippen LogP contribution in [0.5, 0.6) is 5.75 Å². The first-order chi connectivity index (χ1) is 13.9. The molecule has 0 saturated carbocycles. The van der Waals surface area contributed by atoms with Gasteiger partial charge in [-0.15, -0.1) is 13.2 Å². The Labute approximate surface area is 163 Å². The first-order valence-corrected chi connectivity index (χ1v) is 9.17. The lowest BCUT2D eigenvalue weighted by Gasteiger charge is -2.11. The summed E-state index contributed by atoms with van der Waals surface area (Å²) in [6.07, 6.45) is -4.94. The molecule has 158 valence electrons. The summed E-state index contributed by atoms with van der Waals surface area (Å²) in [4.78, 5) is 36.4. The third-order valence-electron chi connectivity index (χ3n) is 3.63. The van der Waals surface area contributed by atoms with E-state index in [1.54, 1.807) is 0 Å². The number of alkyl halides is 3. The molecular weight excluding hydrogens is 437 g/mol. The number of hydrogen-bond acceptors (Lipinski definition) is 7. The highest BCUT2D eigenvalue weighted by atomic mass is 32.2. The topological polar surface area (TPSA) is 164 Å². The lowest BCUT2D eigenvalue weighted by Crippen LogP contribution is -2.29. The standard InChI is InChI=1S/C15H9F3N4O7S/c16-15(17,18)29-8-3-1-7(2-4-8)21-30(27,28)12-6-10-9(5-11(12)22(25)26)19-13(23)14(24)20-10/h1-6,21H,(H,19,23)(H,20,24). The molecule has 1 heterocycles. The van der Waals surface area contributed by atoms with Crippen LogP contribution in [0.15, 0.2) is 50.9 Å². The summed E-state index contributed by atoms with van der Waals surface area (Å²) in [5.41, 5.74) is -3.69. The second-order valence-corrected chi connectivity index (χ2v) is 7.36. The minimum atomic E-state index is -4.94. The van der Waals surface area contributed by atoms with Crippen LogP contribution in [0.2, 0.25) is 0 Å².